The molecule has 24 heavy (non-hydrogen) atoms. The second kappa shape index (κ2) is 6.80. The van der Waals surface area contributed by atoms with E-state index in [1.165, 1.54) is 7.11 Å². The first-order valence-corrected chi connectivity index (χ1v) is 7.46. The summed E-state index contributed by atoms with van der Waals surface area (Å²) < 4.78 is 16.5. The SMILES string of the molecule is CO/N=C1/c2cc(OC)ccc2O[C@@H](c2cccc(OC)c2)[C@H]1O. The highest BCUT2D eigenvalue weighted by Gasteiger charge is 2.36. The molecule has 126 valence electrons. The molecule has 3 rings (SSSR count). The van der Waals surface area contributed by atoms with Crippen LogP contribution >= 0.6 is 0 Å². The fraction of sp³-hybridized carbons (Fsp3) is 0.278. The van der Waals surface area contributed by atoms with E-state index in [-0.39, 0.29) is 0 Å². The lowest BCUT2D eigenvalue weighted by atomic mass is 9.92. The van der Waals surface area contributed by atoms with Crippen molar-refractivity contribution in [2.45, 2.75) is 12.2 Å². The third kappa shape index (κ3) is 2.88. The summed E-state index contributed by atoms with van der Waals surface area (Å²) in [4.78, 5) is 4.92. The second-order valence-electron chi connectivity index (χ2n) is 5.28. The molecule has 0 aliphatic carbocycles. The molecule has 0 aromatic heterocycles. The van der Waals surface area contributed by atoms with Gasteiger partial charge in [0.1, 0.15) is 36.2 Å². The van der Waals surface area contributed by atoms with Crippen molar-refractivity contribution in [3.05, 3.63) is 53.6 Å². The topological polar surface area (TPSA) is 69.5 Å². The van der Waals surface area contributed by atoms with Crippen LogP contribution in [0.4, 0.5) is 0 Å². The van der Waals surface area contributed by atoms with Crippen LogP contribution in [0.2, 0.25) is 0 Å². The standard InChI is InChI=1S/C18H19NO5/c1-21-12-6-4-5-11(9-12)18-17(20)16(19-23-3)14-10-13(22-2)7-8-15(14)24-18/h4-10,17-18,20H,1-3H3/b19-16-/t17-,18-/m0/s1. The molecule has 0 unspecified atom stereocenters. The minimum absolute atomic E-state index is 0.394. The van der Waals surface area contributed by atoms with E-state index in [4.69, 9.17) is 19.0 Å². The molecule has 6 nitrogen and oxygen atoms in total. The normalized spacial score (nSPS) is 20.9. The highest BCUT2D eigenvalue weighted by molar-refractivity contribution is 6.07. The van der Waals surface area contributed by atoms with E-state index in [0.29, 0.717) is 28.5 Å². The van der Waals surface area contributed by atoms with Crippen molar-refractivity contribution >= 4 is 5.71 Å². The van der Waals surface area contributed by atoms with Gasteiger partial charge in [0.15, 0.2) is 6.10 Å². The van der Waals surface area contributed by atoms with Gasteiger partial charge < -0.3 is 24.2 Å². The maximum absolute atomic E-state index is 10.8. The van der Waals surface area contributed by atoms with Crippen LogP contribution in [0.1, 0.15) is 17.2 Å². The summed E-state index contributed by atoms with van der Waals surface area (Å²) in [5.74, 6) is 1.94. The fourth-order valence-electron chi connectivity index (χ4n) is 2.71. The van der Waals surface area contributed by atoms with E-state index in [9.17, 15) is 5.11 Å². The molecule has 1 heterocycles. The smallest absolute Gasteiger partial charge is 0.156 e. The molecule has 2 aromatic rings. The number of nitrogens with zero attached hydrogens (tertiary/aromatic N) is 1. The lowest BCUT2D eigenvalue weighted by Gasteiger charge is -2.31. The molecular formula is C18H19NO5. The van der Waals surface area contributed by atoms with Crippen molar-refractivity contribution in [1.82, 2.24) is 0 Å². The Morgan fingerprint density at radius 2 is 1.75 bits per heavy atom. The molecular weight excluding hydrogens is 310 g/mol. The van der Waals surface area contributed by atoms with Gasteiger partial charge in [-0.05, 0) is 35.9 Å². The van der Waals surface area contributed by atoms with Crippen LogP contribution in [0.3, 0.4) is 0 Å². The number of fused-ring (bicyclic) bond motifs is 1. The van der Waals surface area contributed by atoms with E-state index < -0.39 is 12.2 Å². The first-order chi connectivity index (χ1) is 11.7. The van der Waals surface area contributed by atoms with Gasteiger partial charge in [0.2, 0.25) is 0 Å². The number of aliphatic hydroxyl groups is 1. The maximum atomic E-state index is 10.8. The summed E-state index contributed by atoms with van der Waals surface area (Å²) in [5, 5.41) is 14.8. The molecule has 0 fully saturated rings. The van der Waals surface area contributed by atoms with Gasteiger partial charge in [-0.15, -0.1) is 0 Å². The summed E-state index contributed by atoms with van der Waals surface area (Å²) in [6.45, 7) is 0. The number of hydrogen-bond acceptors (Lipinski definition) is 6. The number of ether oxygens (including phenoxy) is 3. The maximum Gasteiger partial charge on any atom is 0.156 e. The van der Waals surface area contributed by atoms with Crippen molar-refractivity contribution in [2.75, 3.05) is 21.3 Å². The second-order valence-corrected chi connectivity index (χ2v) is 5.28. The number of hydrogen-bond donors (Lipinski definition) is 1. The van der Waals surface area contributed by atoms with Crippen molar-refractivity contribution in [3.8, 4) is 17.2 Å². The van der Waals surface area contributed by atoms with Gasteiger partial charge in [0.25, 0.3) is 0 Å². The average Bonchev–Trinajstić information content (AvgIpc) is 2.63. The predicted molar refractivity (Wildman–Crippen MR) is 88.9 cm³/mol. The number of oxime groups is 1. The summed E-state index contributed by atoms with van der Waals surface area (Å²) in [7, 11) is 4.61. The molecule has 1 aliphatic rings. The highest BCUT2D eigenvalue weighted by atomic mass is 16.6. The minimum atomic E-state index is -0.989. The third-order valence-electron chi connectivity index (χ3n) is 3.90. The summed E-state index contributed by atoms with van der Waals surface area (Å²) in [6.07, 6.45) is -1.61. The Hall–Kier alpha value is -2.73. The van der Waals surface area contributed by atoms with Crippen LogP contribution in [0, 0.1) is 0 Å². The van der Waals surface area contributed by atoms with Gasteiger partial charge in [-0.1, -0.05) is 17.3 Å². The molecule has 0 saturated carbocycles. The lowest BCUT2D eigenvalue weighted by Crippen LogP contribution is -2.37. The van der Waals surface area contributed by atoms with Gasteiger partial charge in [-0.3, -0.25) is 0 Å². The number of benzene rings is 2. The summed E-state index contributed by atoms with van der Waals surface area (Å²) in [6, 6.07) is 12.7. The molecule has 2 atom stereocenters. The fourth-order valence-corrected chi connectivity index (χ4v) is 2.71. The van der Waals surface area contributed by atoms with E-state index in [1.54, 1.807) is 32.4 Å². The van der Waals surface area contributed by atoms with Crippen LogP contribution in [0.5, 0.6) is 17.2 Å². The molecule has 1 aliphatic heterocycles. The van der Waals surface area contributed by atoms with E-state index >= 15 is 0 Å². The van der Waals surface area contributed by atoms with Crippen LogP contribution in [0.25, 0.3) is 0 Å². The molecule has 0 saturated heterocycles. The molecule has 0 spiro atoms. The zero-order valence-corrected chi connectivity index (χ0v) is 13.7. The Morgan fingerprint density at radius 3 is 2.46 bits per heavy atom. The van der Waals surface area contributed by atoms with Crippen molar-refractivity contribution < 1.29 is 24.2 Å². The first-order valence-electron chi connectivity index (χ1n) is 7.46. The van der Waals surface area contributed by atoms with E-state index in [0.717, 1.165) is 5.56 Å². The molecule has 1 N–H and O–H groups in total. The van der Waals surface area contributed by atoms with E-state index in [1.807, 2.05) is 24.3 Å². The molecule has 2 aromatic carbocycles. The van der Waals surface area contributed by atoms with Gasteiger partial charge in [0, 0.05) is 5.56 Å². The Labute approximate surface area is 140 Å². The first kappa shape index (κ1) is 16.1. The van der Waals surface area contributed by atoms with Gasteiger partial charge >= 0.3 is 0 Å². The number of aliphatic hydroxyl groups excluding tert-OH is 1. The third-order valence-corrected chi connectivity index (χ3v) is 3.90. The van der Waals surface area contributed by atoms with Gasteiger partial charge in [0.05, 0.1) is 14.2 Å². The summed E-state index contributed by atoms with van der Waals surface area (Å²) >= 11 is 0. The minimum Gasteiger partial charge on any atom is -0.497 e. The largest absolute Gasteiger partial charge is 0.497 e. The zero-order valence-electron chi connectivity index (χ0n) is 13.7. The van der Waals surface area contributed by atoms with Crippen LogP contribution < -0.4 is 14.2 Å². The van der Waals surface area contributed by atoms with Crippen molar-refractivity contribution in [3.63, 3.8) is 0 Å². The highest BCUT2D eigenvalue weighted by Crippen LogP contribution is 2.38. The number of rotatable bonds is 4. The predicted octanol–water partition coefficient (Wildman–Crippen LogP) is 2.55. The Kier molecular flexibility index (Phi) is 4.57. The molecule has 0 bridgehead atoms. The van der Waals surface area contributed by atoms with Crippen molar-refractivity contribution in [2.24, 2.45) is 5.16 Å². The Balaban J connectivity index is 2.06. The Morgan fingerprint density at radius 1 is 1.00 bits per heavy atom. The van der Waals surface area contributed by atoms with Crippen LogP contribution in [0.15, 0.2) is 47.6 Å². The van der Waals surface area contributed by atoms with Crippen LogP contribution in [-0.4, -0.2) is 38.3 Å². The average molecular weight is 329 g/mol. The number of methoxy groups -OCH3 is 2. The van der Waals surface area contributed by atoms with Crippen molar-refractivity contribution in [1.29, 1.82) is 0 Å². The van der Waals surface area contributed by atoms with Gasteiger partial charge in [-0.25, -0.2) is 0 Å². The van der Waals surface area contributed by atoms with Crippen LogP contribution in [-0.2, 0) is 4.84 Å². The Bertz CT molecular complexity index is 759. The zero-order chi connectivity index (χ0) is 17.1. The van der Waals surface area contributed by atoms with Gasteiger partial charge in [-0.2, -0.15) is 0 Å². The summed E-state index contributed by atoms with van der Waals surface area (Å²) in [5.41, 5.74) is 1.82. The van der Waals surface area contributed by atoms with E-state index in [2.05, 4.69) is 5.16 Å². The molecule has 0 amide bonds. The monoisotopic (exact) mass is 329 g/mol. The molecule has 0 radical (unpaired) electrons. The quantitative estimate of drug-likeness (QED) is 0.873. The lowest BCUT2D eigenvalue weighted by molar-refractivity contribution is 0.0671. The molecule has 6 heteroatoms.